The van der Waals surface area contributed by atoms with Gasteiger partial charge in [-0.15, -0.1) is 11.3 Å². The number of hydrogen-bond donors (Lipinski definition) is 0. The molecule has 0 aliphatic carbocycles. The summed E-state index contributed by atoms with van der Waals surface area (Å²) in [6, 6.07) is 10.3. The van der Waals surface area contributed by atoms with Gasteiger partial charge >= 0.3 is 0 Å². The van der Waals surface area contributed by atoms with E-state index in [0.717, 1.165) is 4.88 Å². The highest BCUT2D eigenvalue weighted by molar-refractivity contribution is 7.89. The fraction of sp³-hybridized carbons (Fsp3) is 0.375. The summed E-state index contributed by atoms with van der Waals surface area (Å²) in [5.41, 5.74) is 0. The van der Waals surface area contributed by atoms with E-state index in [9.17, 15) is 8.42 Å². The second-order valence-electron chi connectivity index (χ2n) is 5.43. The van der Waals surface area contributed by atoms with Crippen molar-refractivity contribution in [3.8, 4) is 0 Å². The largest absolute Gasteiger partial charge is 0.381 e. The van der Waals surface area contributed by atoms with Crippen molar-refractivity contribution in [2.24, 2.45) is 0 Å². The molecule has 0 spiro atoms. The number of nitrogens with zero attached hydrogens (tertiary/aromatic N) is 1. The number of benzene rings is 1. The molecule has 2 heterocycles. The third-order valence-electron chi connectivity index (χ3n) is 3.89. The Balaban J connectivity index is 1.95. The molecule has 0 bridgehead atoms. The van der Waals surface area contributed by atoms with E-state index in [1.165, 1.54) is 6.07 Å². The Morgan fingerprint density at radius 3 is 2.65 bits per heavy atom. The fourth-order valence-electron chi connectivity index (χ4n) is 2.70. The van der Waals surface area contributed by atoms with Gasteiger partial charge in [0, 0.05) is 35.7 Å². The van der Waals surface area contributed by atoms with Crippen LogP contribution < -0.4 is 0 Å². The Morgan fingerprint density at radius 2 is 2.00 bits per heavy atom. The minimum Gasteiger partial charge on any atom is -0.381 e. The first-order valence-electron chi connectivity index (χ1n) is 7.45. The van der Waals surface area contributed by atoms with Crippen molar-refractivity contribution in [2.75, 3.05) is 13.2 Å². The summed E-state index contributed by atoms with van der Waals surface area (Å²) in [5, 5.41) is 2.39. The minimum atomic E-state index is -3.60. The van der Waals surface area contributed by atoms with Crippen LogP contribution in [0.3, 0.4) is 0 Å². The van der Waals surface area contributed by atoms with Crippen LogP contribution in [0.5, 0.6) is 0 Å². The van der Waals surface area contributed by atoms with E-state index in [1.807, 2.05) is 17.5 Å². The van der Waals surface area contributed by atoms with Crippen LogP contribution in [0.25, 0.3) is 0 Å². The molecule has 0 amide bonds. The van der Waals surface area contributed by atoms with Gasteiger partial charge in [-0.25, -0.2) is 8.42 Å². The lowest BCUT2D eigenvalue weighted by atomic mass is 10.1. The maximum Gasteiger partial charge on any atom is 0.243 e. The first kappa shape index (κ1) is 16.9. The summed E-state index contributed by atoms with van der Waals surface area (Å²) in [4.78, 5) is 1.27. The van der Waals surface area contributed by atoms with Gasteiger partial charge < -0.3 is 4.74 Å². The Labute approximate surface area is 145 Å². The van der Waals surface area contributed by atoms with Crippen LogP contribution >= 0.6 is 22.9 Å². The number of halogens is 1. The molecule has 124 valence electrons. The van der Waals surface area contributed by atoms with Gasteiger partial charge in [-0.3, -0.25) is 0 Å². The maximum absolute atomic E-state index is 13.1. The van der Waals surface area contributed by atoms with Crippen molar-refractivity contribution in [2.45, 2.75) is 30.3 Å². The molecule has 0 radical (unpaired) electrons. The summed E-state index contributed by atoms with van der Waals surface area (Å²) < 4.78 is 33.3. The van der Waals surface area contributed by atoms with Crippen molar-refractivity contribution < 1.29 is 13.2 Å². The fourth-order valence-corrected chi connectivity index (χ4v) is 5.45. The SMILES string of the molecule is O=S(=O)(c1cccc(Cl)c1)N(Cc1cccs1)C1CCOCC1. The van der Waals surface area contributed by atoms with E-state index >= 15 is 0 Å². The summed E-state index contributed by atoms with van der Waals surface area (Å²) in [6.45, 7) is 1.57. The third kappa shape index (κ3) is 3.95. The molecule has 4 nitrogen and oxygen atoms in total. The molecule has 3 rings (SSSR count). The van der Waals surface area contributed by atoms with Crippen molar-refractivity contribution in [3.05, 3.63) is 51.7 Å². The Bertz CT molecular complexity index is 740. The first-order valence-corrected chi connectivity index (χ1v) is 10.1. The monoisotopic (exact) mass is 371 g/mol. The van der Waals surface area contributed by atoms with Gasteiger partial charge in [0.1, 0.15) is 0 Å². The van der Waals surface area contributed by atoms with Crippen molar-refractivity contribution >= 4 is 33.0 Å². The molecule has 2 aromatic rings. The van der Waals surface area contributed by atoms with Crippen molar-refractivity contribution in [3.63, 3.8) is 0 Å². The van der Waals surface area contributed by atoms with Gasteiger partial charge in [-0.1, -0.05) is 23.7 Å². The van der Waals surface area contributed by atoms with E-state index in [2.05, 4.69) is 0 Å². The van der Waals surface area contributed by atoms with E-state index in [-0.39, 0.29) is 10.9 Å². The van der Waals surface area contributed by atoms with E-state index < -0.39 is 10.0 Å². The molecule has 1 aliphatic rings. The molecule has 1 aliphatic heterocycles. The molecule has 1 saturated heterocycles. The van der Waals surface area contributed by atoms with Crippen LogP contribution in [-0.4, -0.2) is 32.0 Å². The average Bonchev–Trinajstić information content (AvgIpc) is 3.06. The van der Waals surface area contributed by atoms with Crippen LogP contribution in [0.15, 0.2) is 46.7 Å². The zero-order valence-electron chi connectivity index (χ0n) is 12.5. The van der Waals surface area contributed by atoms with Crippen LogP contribution in [-0.2, 0) is 21.3 Å². The van der Waals surface area contributed by atoms with Crippen LogP contribution in [0, 0.1) is 0 Å². The zero-order chi connectivity index (χ0) is 16.3. The second-order valence-corrected chi connectivity index (χ2v) is 8.79. The lowest BCUT2D eigenvalue weighted by Gasteiger charge is -2.33. The van der Waals surface area contributed by atoms with Crippen LogP contribution in [0.4, 0.5) is 0 Å². The number of hydrogen-bond acceptors (Lipinski definition) is 4. The Morgan fingerprint density at radius 1 is 1.22 bits per heavy atom. The molecule has 7 heteroatoms. The normalized spacial score (nSPS) is 16.8. The first-order chi connectivity index (χ1) is 11.1. The highest BCUT2D eigenvalue weighted by Gasteiger charge is 2.33. The molecular weight excluding hydrogens is 354 g/mol. The van der Waals surface area contributed by atoms with E-state index in [1.54, 1.807) is 33.8 Å². The molecule has 1 fully saturated rings. The van der Waals surface area contributed by atoms with Crippen LogP contribution in [0.1, 0.15) is 17.7 Å². The molecule has 0 saturated carbocycles. The maximum atomic E-state index is 13.1. The summed E-state index contributed by atoms with van der Waals surface area (Å²) >= 11 is 7.55. The van der Waals surface area contributed by atoms with Gasteiger partial charge in [-0.2, -0.15) is 4.31 Å². The summed E-state index contributed by atoms with van der Waals surface area (Å²) in [7, 11) is -3.60. The number of sulfonamides is 1. The van der Waals surface area contributed by atoms with Gasteiger partial charge in [0.25, 0.3) is 0 Å². The number of ether oxygens (including phenoxy) is 1. The standard InChI is InChI=1S/C16H18ClNO3S2/c17-13-3-1-5-16(11-13)23(19,20)18(12-15-4-2-10-22-15)14-6-8-21-9-7-14/h1-5,10-11,14H,6-9,12H2. The lowest BCUT2D eigenvalue weighted by Crippen LogP contribution is -2.42. The smallest absolute Gasteiger partial charge is 0.243 e. The highest BCUT2D eigenvalue weighted by atomic mass is 35.5. The topological polar surface area (TPSA) is 46.6 Å². The third-order valence-corrected chi connectivity index (χ3v) is 6.88. The predicted molar refractivity (Wildman–Crippen MR) is 92.3 cm³/mol. The van der Waals surface area contributed by atoms with E-state index in [4.69, 9.17) is 16.3 Å². The molecule has 0 unspecified atom stereocenters. The van der Waals surface area contributed by atoms with Gasteiger partial charge in [-0.05, 0) is 42.5 Å². The number of thiophene rings is 1. The molecule has 1 aromatic carbocycles. The summed E-state index contributed by atoms with van der Waals surface area (Å²) in [5.74, 6) is 0. The predicted octanol–water partition coefficient (Wildman–Crippen LogP) is 3.77. The summed E-state index contributed by atoms with van der Waals surface area (Å²) in [6.07, 6.45) is 1.43. The van der Waals surface area contributed by atoms with Gasteiger partial charge in [0.15, 0.2) is 0 Å². The van der Waals surface area contributed by atoms with Gasteiger partial charge in [0.05, 0.1) is 4.90 Å². The molecule has 23 heavy (non-hydrogen) atoms. The highest BCUT2D eigenvalue weighted by Crippen LogP contribution is 2.28. The lowest BCUT2D eigenvalue weighted by molar-refractivity contribution is 0.0571. The Hall–Kier alpha value is -0.920. The quantitative estimate of drug-likeness (QED) is 0.803. The minimum absolute atomic E-state index is 0.0465. The molecule has 0 atom stereocenters. The molecular formula is C16H18ClNO3S2. The second kappa shape index (κ2) is 7.32. The van der Waals surface area contributed by atoms with E-state index in [0.29, 0.717) is 37.6 Å². The average molecular weight is 372 g/mol. The van der Waals surface area contributed by atoms with Gasteiger partial charge in [0.2, 0.25) is 10.0 Å². The van der Waals surface area contributed by atoms with Crippen LogP contribution in [0.2, 0.25) is 5.02 Å². The zero-order valence-corrected chi connectivity index (χ0v) is 14.9. The molecule has 0 N–H and O–H groups in total. The Kier molecular flexibility index (Phi) is 5.38. The number of rotatable bonds is 5. The van der Waals surface area contributed by atoms with Crippen molar-refractivity contribution in [1.29, 1.82) is 0 Å². The van der Waals surface area contributed by atoms with Crippen molar-refractivity contribution in [1.82, 2.24) is 4.31 Å². The molecule has 1 aromatic heterocycles.